The SMILES string of the molecule is [2H]c1c([2H])c(-c2ccc3ccccc3c2)c([2H])c(N(c2ccc(-c3ccc(-c4ccccc4)cc3)cc2)c2c([2H])c([2H])c(-c3ccccc3)c([2H])c2[2H])c1[2H]. The van der Waals surface area contributed by atoms with E-state index in [9.17, 15) is 5.48 Å². The summed E-state index contributed by atoms with van der Waals surface area (Å²) in [7, 11) is 0. The Kier molecular flexibility index (Phi) is 5.60. The summed E-state index contributed by atoms with van der Waals surface area (Å²) < 4.78 is 73.6. The summed E-state index contributed by atoms with van der Waals surface area (Å²) in [5.74, 6) is 0. The van der Waals surface area contributed by atoms with Crippen molar-refractivity contribution < 1.29 is 11.0 Å². The van der Waals surface area contributed by atoms with Crippen molar-refractivity contribution in [3.63, 3.8) is 0 Å². The molecule has 0 heterocycles. The third kappa shape index (κ3) is 5.95. The molecule has 0 aromatic heterocycles. The van der Waals surface area contributed by atoms with Crippen LogP contribution in [0.15, 0.2) is 200 Å². The average Bonchev–Trinajstić information content (AvgIpc) is 3.22. The van der Waals surface area contributed by atoms with Gasteiger partial charge in [0.1, 0.15) is 0 Å². The zero-order valence-corrected chi connectivity index (χ0v) is 25.4. The smallest absolute Gasteiger partial charge is 0.0651 e. The normalized spacial score (nSPS) is 13.4. The molecule has 0 unspecified atom stereocenters. The number of fused-ring (bicyclic) bond motifs is 1. The Morgan fingerprint density at radius 1 is 0.319 bits per heavy atom. The molecule has 0 fully saturated rings. The fourth-order valence-corrected chi connectivity index (χ4v) is 5.76. The predicted octanol–water partition coefficient (Wildman–Crippen LogP) is 13.0. The molecule has 0 aliphatic heterocycles. The molecule has 0 aliphatic carbocycles. The second kappa shape index (κ2) is 12.7. The van der Waals surface area contributed by atoms with Crippen molar-refractivity contribution in [2.24, 2.45) is 0 Å². The molecule has 0 amide bonds. The topological polar surface area (TPSA) is 3.24 Å². The molecule has 0 aliphatic rings. The minimum absolute atomic E-state index is 0.123. The number of hydrogen-bond donors (Lipinski definition) is 0. The van der Waals surface area contributed by atoms with Crippen molar-refractivity contribution in [2.45, 2.75) is 0 Å². The Morgan fingerprint density at radius 2 is 0.830 bits per heavy atom. The van der Waals surface area contributed by atoms with E-state index in [0.717, 1.165) is 33.0 Å². The zero-order chi connectivity index (χ0) is 38.4. The zero-order valence-electron chi connectivity index (χ0n) is 33.4. The van der Waals surface area contributed by atoms with Gasteiger partial charge in [-0.2, -0.15) is 0 Å². The van der Waals surface area contributed by atoms with Gasteiger partial charge in [0, 0.05) is 17.1 Å². The lowest BCUT2D eigenvalue weighted by atomic mass is 9.99. The third-order valence-electron chi connectivity index (χ3n) is 8.22. The predicted molar refractivity (Wildman–Crippen MR) is 200 cm³/mol. The van der Waals surface area contributed by atoms with Crippen molar-refractivity contribution in [3.8, 4) is 44.5 Å². The van der Waals surface area contributed by atoms with Crippen LogP contribution in [0.3, 0.4) is 0 Å². The third-order valence-corrected chi connectivity index (χ3v) is 8.22. The number of benzene rings is 8. The highest BCUT2D eigenvalue weighted by atomic mass is 15.1. The van der Waals surface area contributed by atoms with Crippen molar-refractivity contribution in [1.82, 2.24) is 0 Å². The van der Waals surface area contributed by atoms with E-state index in [2.05, 4.69) is 24.3 Å². The maximum absolute atomic E-state index is 9.61. The minimum Gasteiger partial charge on any atom is -0.310 e. The van der Waals surface area contributed by atoms with E-state index in [-0.39, 0.29) is 58.8 Å². The standard InChI is InChI=1S/C46H33N/c1-3-10-34(11-4-1)37-18-20-38(21-19-37)40-26-30-45(31-27-40)47(44-28-24-39(25-29-44)35-12-5-2-6-13-35)46-17-9-16-42(33-46)43-23-22-36-14-7-8-15-41(36)32-43/h1-33H/i9D,16D,17D,24D,25D,28D,29D,33D. The van der Waals surface area contributed by atoms with E-state index >= 15 is 0 Å². The van der Waals surface area contributed by atoms with Crippen LogP contribution in [0.2, 0.25) is 0 Å². The summed E-state index contributed by atoms with van der Waals surface area (Å²) in [5.41, 5.74) is 5.35. The maximum Gasteiger partial charge on any atom is 0.0651 e. The minimum atomic E-state index is -0.441. The van der Waals surface area contributed by atoms with Gasteiger partial charge in [-0.25, -0.2) is 0 Å². The fourth-order valence-electron chi connectivity index (χ4n) is 5.76. The summed E-state index contributed by atoms with van der Waals surface area (Å²) >= 11 is 0. The van der Waals surface area contributed by atoms with Crippen LogP contribution in [0.1, 0.15) is 11.0 Å². The van der Waals surface area contributed by atoms with Crippen LogP contribution < -0.4 is 4.90 Å². The van der Waals surface area contributed by atoms with E-state index in [1.54, 1.807) is 42.5 Å². The summed E-state index contributed by atoms with van der Waals surface area (Å²) in [4.78, 5) is 1.38. The van der Waals surface area contributed by atoms with Gasteiger partial charge in [0.25, 0.3) is 0 Å². The van der Waals surface area contributed by atoms with E-state index < -0.39 is 12.1 Å². The molecule has 0 N–H and O–H groups in total. The number of nitrogens with zero attached hydrogens (tertiary/aromatic N) is 1. The molecule has 0 saturated carbocycles. The Hall–Kier alpha value is -6.18. The Bertz CT molecular complexity index is 2690. The highest BCUT2D eigenvalue weighted by Crippen LogP contribution is 2.39. The first-order valence-corrected chi connectivity index (χ1v) is 15.5. The summed E-state index contributed by atoms with van der Waals surface area (Å²) in [6, 6.07) is 44.8. The second-order valence-electron chi connectivity index (χ2n) is 11.2. The van der Waals surface area contributed by atoms with Crippen LogP contribution in [0, 0.1) is 0 Å². The van der Waals surface area contributed by atoms with Crippen LogP contribution >= 0.6 is 0 Å². The van der Waals surface area contributed by atoms with Gasteiger partial charge in [0.15, 0.2) is 0 Å². The van der Waals surface area contributed by atoms with Gasteiger partial charge in [-0.3, -0.25) is 0 Å². The molecule has 0 spiro atoms. The van der Waals surface area contributed by atoms with Gasteiger partial charge in [0.05, 0.1) is 11.0 Å². The second-order valence-corrected chi connectivity index (χ2v) is 11.2. The largest absolute Gasteiger partial charge is 0.310 e. The monoisotopic (exact) mass is 607 g/mol. The van der Waals surface area contributed by atoms with Crippen molar-refractivity contribution in [3.05, 3.63) is 200 Å². The number of anilines is 3. The molecular weight excluding hydrogens is 567 g/mol. The molecule has 0 saturated heterocycles. The van der Waals surface area contributed by atoms with E-state index in [1.807, 2.05) is 84.9 Å². The number of rotatable bonds is 7. The Labute approximate surface area is 287 Å². The molecular formula is C46H33N. The van der Waals surface area contributed by atoms with Crippen LogP contribution in [-0.4, -0.2) is 0 Å². The van der Waals surface area contributed by atoms with Gasteiger partial charge in [-0.1, -0.05) is 158 Å². The lowest BCUT2D eigenvalue weighted by Crippen LogP contribution is -2.10. The van der Waals surface area contributed by atoms with Crippen LogP contribution in [0.25, 0.3) is 55.3 Å². The molecule has 8 rings (SSSR count). The highest BCUT2D eigenvalue weighted by Gasteiger charge is 2.15. The van der Waals surface area contributed by atoms with Crippen molar-refractivity contribution >= 4 is 27.8 Å². The first-order valence-electron chi connectivity index (χ1n) is 19.5. The van der Waals surface area contributed by atoms with Gasteiger partial charge < -0.3 is 4.90 Å². The van der Waals surface area contributed by atoms with Gasteiger partial charge in [-0.05, 0) is 97.6 Å². The summed E-state index contributed by atoms with van der Waals surface area (Å²) in [5, 5.41) is 1.84. The lowest BCUT2D eigenvalue weighted by molar-refractivity contribution is 1.28. The number of hydrogen-bond acceptors (Lipinski definition) is 1. The molecule has 8 aromatic carbocycles. The average molecular weight is 608 g/mol. The van der Waals surface area contributed by atoms with Crippen molar-refractivity contribution in [2.75, 3.05) is 4.90 Å². The van der Waals surface area contributed by atoms with Crippen LogP contribution in [-0.2, 0) is 0 Å². The summed E-state index contributed by atoms with van der Waals surface area (Å²) in [6.45, 7) is 0. The highest BCUT2D eigenvalue weighted by molar-refractivity contribution is 5.89. The first-order chi connectivity index (χ1) is 26.6. The van der Waals surface area contributed by atoms with Gasteiger partial charge in [0.2, 0.25) is 0 Å². The van der Waals surface area contributed by atoms with Crippen LogP contribution in [0.4, 0.5) is 17.1 Å². The van der Waals surface area contributed by atoms with Crippen molar-refractivity contribution in [1.29, 1.82) is 0 Å². The molecule has 0 radical (unpaired) electrons. The molecule has 222 valence electrons. The molecule has 0 bridgehead atoms. The lowest BCUT2D eigenvalue weighted by Gasteiger charge is -2.26. The molecule has 1 heteroatoms. The van der Waals surface area contributed by atoms with Crippen LogP contribution in [0.5, 0.6) is 0 Å². The Balaban J connectivity index is 1.34. The maximum atomic E-state index is 9.61. The Morgan fingerprint density at radius 3 is 1.47 bits per heavy atom. The molecule has 8 aromatic rings. The van der Waals surface area contributed by atoms with Gasteiger partial charge >= 0.3 is 0 Å². The quantitative estimate of drug-likeness (QED) is 0.174. The van der Waals surface area contributed by atoms with Gasteiger partial charge in [-0.15, -0.1) is 0 Å². The fraction of sp³-hybridized carbons (Fsp3) is 0. The van der Waals surface area contributed by atoms with E-state index in [4.69, 9.17) is 5.48 Å². The molecule has 0 atom stereocenters. The molecule has 47 heavy (non-hydrogen) atoms. The first kappa shape index (κ1) is 20.8. The van der Waals surface area contributed by atoms with E-state index in [0.29, 0.717) is 16.8 Å². The summed E-state index contributed by atoms with van der Waals surface area (Å²) in [6.07, 6.45) is 0. The van der Waals surface area contributed by atoms with E-state index in [1.165, 1.54) is 4.90 Å². The molecule has 1 nitrogen and oxygen atoms in total.